The first kappa shape index (κ1) is 36.6. The molecule has 2 N–H and O–H groups in total. The predicted molar refractivity (Wildman–Crippen MR) is 185 cm³/mol. The van der Waals surface area contributed by atoms with Crippen molar-refractivity contribution in [2.45, 2.75) is 94.3 Å². The molecule has 44 heavy (non-hydrogen) atoms. The second-order valence-electron chi connectivity index (χ2n) is 13.3. The normalized spacial score (nSPS) is 24.5. The fraction of sp³-hybridized carbons (Fsp3) is 0.400. The highest BCUT2D eigenvalue weighted by Crippen LogP contribution is 2.40. The van der Waals surface area contributed by atoms with E-state index in [4.69, 9.17) is 0 Å². The van der Waals surface area contributed by atoms with Crippen LogP contribution < -0.4 is 0 Å². The Balaban J connectivity index is 1.95. The molecule has 236 valence electrons. The molecule has 0 amide bonds. The lowest BCUT2D eigenvalue weighted by Crippen LogP contribution is -2.38. The van der Waals surface area contributed by atoms with E-state index < -0.39 is 17.6 Å². The molecule has 4 nitrogen and oxygen atoms in total. The van der Waals surface area contributed by atoms with E-state index in [1.54, 1.807) is 6.92 Å². The number of aliphatic hydroxyl groups excluding tert-OH is 2. The van der Waals surface area contributed by atoms with Crippen LogP contribution in [-0.4, -0.2) is 34.0 Å². The summed E-state index contributed by atoms with van der Waals surface area (Å²) >= 11 is 0. The molecule has 2 aliphatic carbocycles. The molecule has 0 heterocycles. The van der Waals surface area contributed by atoms with Gasteiger partial charge in [0.15, 0.2) is 11.6 Å². The largest absolute Gasteiger partial charge is 0.392 e. The number of rotatable bonds is 10. The van der Waals surface area contributed by atoms with Gasteiger partial charge in [0, 0.05) is 11.8 Å². The zero-order valence-corrected chi connectivity index (χ0v) is 28.4. The van der Waals surface area contributed by atoms with Gasteiger partial charge in [-0.2, -0.15) is 0 Å². The maximum atomic E-state index is 12.2. The van der Waals surface area contributed by atoms with Gasteiger partial charge >= 0.3 is 0 Å². The number of carbonyl (C=O) groups excluding carboxylic acids is 2. The first-order valence-corrected chi connectivity index (χ1v) is 15.4. The number of carbonyl (C=O) groups is 2. The van der Waals surface area contributed by atoms with Crippen molar-refractivity contribution in [1.82, 2.24) is 0 Å². The van der Waals surface area contributed by atoms with E-state index in [0.717, 1.165) is 39.0 Å². The summed E-state index contributed by atoms with van der Waals surface area (Å²) in [6.45, 7) is 19.9. The van der Waals surface area contributed by atoms with Crippen molar-refractivity contribution in [1.29, 1.82) is 0 Å². The monoisotopic (exact) mass is 596 g/mol. The van der Waals surface area contributed by atoms with Gasteiger partial charge in [0.05, 0.1) is 6.10 Å². The van der Waals surface area contributed by atoms with Crippen LogP contribution in [0.4, 0.5) is 0 Å². The van der Waals surface area contributed by atoms with Crippen molar-refractivity contribution in [3.63, 3.8) is 0 Å². The summed E-state index contributed by atoms with van der Waals surface area (Å²) < 4.78 is 0. The summed E-state index contributed by atoms with van der Waals surface area (Å²) in [5, 5.41) is 20.4. The molecule has 0 saturated heterocycles. The summed E-state index contributed by atoms with van der Waals surface area (Å²) in [4.78, 5) is 24.4. The Morgan fingerprint density at radius 3 is 1.59 bits per heavy atom. The lowest BCUT2D eigenvalue weighted by Gasteiger charge is -2.36. The van der Waals surface area contributed by atoms with E-state index in [-0.39, 0.29) is 23.4 Å². The lowest BCUT2D eigenvalue weighted by atomic mass is 9.70. The summed E-state index contributed by atoms with van der Waals surface area (Å²) in [6, 6.07) is 0. The van der Waals surface area contributed by atoms with Gasteiger partial charge in [-0.05, 0) is 75.7 Å². The quantitative estimate of drug-likeness (QED) is 0.247. The summed E-state index contributed by atoms with van der Waals surface area (Å²) in [7, 11) is 0. The third kappa shape index (κ3) is 10.2. The van der Waals surface area contributed by atoms with Crippen LogP contribution in [0.5, 0.6) is 0 Å². The Hall–Kier alpha value is -3.60. The fourth-order valence-corrected chi connectivity index (χ4v) is 5.43. The Kier molecular flexibility index (Phi) is 13.2. The molecular weight excluding hydrogens is 544 g/mol. The number of hydrogen-bond acceptors (Lipinski definition) is 4. The van der Waals surface area contributed by atoms with Crippen LogP contribution in [-0.2, 0) is 9.59 Å². The number of hydrogen-bond donors (Lipinski definition) is 2. The first-order valence-electron chi connectivity index (χ1n) is 15.4. The maximum absolute atomic E-state index is 12.2. The second-order valence-corrected chi connectivity index (χ2v) is 13.3. The van der Waals surface area contributed by atoms with Crippen molar-refractivity contribution in [2.24, 2.45) is 10.8 Å². The lowest BCUT2D eigenvalue weighted by molar-refractivity contribution is -0.125. The van der Waals surface area contributed by atoms with E-state index in [0.29, 0.717) is 12.0 Å². The van der Waals surface area contributed by atoms with E-state index in [9.17, 15) is 19.8 Å². The number of aliphatic hydroxyl groups is 2. The van der Waals surface area contributed by atoms with Crippen molar-refractivity contribution in [2.75, 3.05) is 0 Å². The molecule has 0 bridgehead atoms. The second kappa shape index (κ2) is 15.9. The van der Waals surface area contributed by atoms with Crippen molar-refractivity contribution in [3.8, 4) is 0 Å². The molecule has 0 aliphatic heterocycles. The Morgan fingerprint density at radius 2 is 1.09 bits per heavy atom. The van der Waals surface area contributed by atoms with Gasteiger partial charge in [0.25, 0.3) is 0 Å². The average molecular weight is 597 g/mol. The highest BCUT2D eigenvalue weighted by molar-refractivity contribution is 6.00. The van der Waals surface area contributed by atoms with E-state index in [1.165, 1.54) is 0 Å². The van der Waals surface area contributed by atoms with Gasteiger partial charge in [-0.1, -0.05) is 135 Å². The smallest absolute Gasteiger partial charge is 0.187 e. The minimum absolute atomic E-state index is 0.0127. The van der Waals surface area contributed by atoms with E-state index >= 15 is 0 Å². The highest BCUT2D eigenvalue weighted by atomic mass is 16.3. The third-order valence-electron chi connectivity index (χ3n) is 8.53. The summed E-state index contributed by atoms with van der Waals surface area (Å²) in [5.41, 5.74) is 6.92. The topological polar surface area (TPSA) is 74.6 Å². The molecule has 0 fully saturated rings. The van der Waals surface area contributed by atoms with Crippen molar-refractivity contribution >= 4 is 11.6 Å². The van der Waals surface area contributed by atoms with Gasteiger partial charge in [-0.15, -0.1) is 0 Å². The fourth-order valence-electron chi connectivity index (χ4n) is 5.43. The molecule has 0 aromatic rings. The molecule has 2 atom stereocenters. The maximum Gasteiger partial charge on any atom is 0.187 e. The van der Waals surface area contributed by atoms with Gasteiger partial charge in [-0.3, -0.25) is 9.59 Å². The first-order chi connectivity index (χ1) is 20.5. The van der Waals surface area contributed by atoms with E-state index in [2.05, 4.69) is 39.0 Å². The van der Waals surface area contributed by atoms with Gasteiger partial charge in [-0.25, -0.2) is 0 Å². The Morgan fingerprint density at radius 1 is 0.659 bits per heavy atom. The number of allylic oxidation sites excluding steroid dienone is 20. The van der Waals surface area contributed by atoms with Crippen LogP contribution in [0.1, 0.15) is 82.1 Å². The average Bonchev–Trinajstić information content (AvgIpc) is 2.92. The minimum atomic E-state index is -0.907. The minimum Gasteiger partial charge on any atom is -0.392 e. The molecule has 2 rings (SSSR count). The molecule has 1 unspecified atom stereocenters. The van der Waals surface area contributed by atoms with E-state index in [1.807, 2.05) is 108 Å². The van der Waals surface area contributed by atoms with Gasteiger partial charge < -0.3 is 10.2 Å². The molecule has 4 heteroatoms. The van der Waals surface area contributed by atoms with Gasteiger partial charge in [0.2, 0.25) is 0 Å². The molecule has 0 spiro atoms. The Labute approximate surface area is 265 Å². The predicted octanol–water partition coefficient (Wildman–Crippen LogP) is 8.91. The highest BCUT2D eigenvalue weighted by Gasteiger charge is 2.39. The zero-order chi connectivity index (χ0) is 33.2. The van der Waals surface area contributed by atoms with Crippen LogP contribution >= 0.6 is 0 Å². The van der Waals surface area contributed by atoms with Crippen molar-refractivity contribution < 1.29 is 19.8 Å². The molecule has 0 aromatic heterocycles. The third-order valence-corrected chi connectivity index (χ3v) is 8.53. The zero-order valence-electron chi connectivity index (χ0n) is 28.4. The SMILES string of the molecule is CC1=C(/C=C/C(C)=C/C=C/C(C)=C/C=C/C=C(C)/C=C/C=C(C)/C=C/C2=C(C)C(=O)CC(O)C2(C)C)C(C)(C)C[C@H](O)C1=O. The summed E-state index contributed by atoms with van der Waals surface area (Å²) in [5.74, 6) is -0.163. The number of ketones is 2. The van der Waals surface area contributed by atoms with Gasteiger partial charge in [0.1, 0.15) is 6.10 Å². The van der Waals surface area contributed by atoms with Crippen LogP contribution in [0.2, 0.25) is 0 Å². The molecular formula is C40H52O4. The standard InChI is InChI=1S/C40H52O4/c1-27(17-13-19-29(3)21-23-33-32(6)38(44)36(42)26-39(33,7)8)15-11-12-16-28(2)18-14-20-30(4)22-24-34-31(5)35(41)25-37(43)40(34,9)10/h11-24,36-37,42-43H,25-26H2,1-10H3/b12-11+,17-13+,18-14+,23-21+,24-22+,27-15+,28-16+,29-19+,30-20+/t36-,37?/m0/s1. The van der Waals surface area contributed by atoms with Crippen LogP contribution in [0, 0.1) is 10.8 Å². The molecule has 0 radical (unpaired) electrons. The molecule has 2 aliphatic rings. The Bertz CT molecular complexity index is 1450. The number of Topliss-reactive ketones (excluding diaryl/α,β-unsaturated/α-hetero) is 2. The van der Waals surface area contributed by atoms with Crippen LogP contribution in [0.15, 0.2) is 130 Å². The van der Waals surface area contributed by atoms with Crippen molar-refractivity contribution in [3.05, 3.63) is 130 Å². The van der Waals surface area contributed by atoms with Crippen LogP contribution in [0.3, 0.4) is 0 Å². The summed E-state index contributed by atoms with van der Waals surface area (Å²) in [6.07, 6.45) is 27.4. The molecule has 0 aromatic carbocycles. The molecule has 0 saturated carbocycles. The van der Waals surface area contributed by atoms with Crippen LogP contribution in [0.25, 0.3) is 0 Å².